The molecule has 2 N–H and O–H groups in total. The van der Waals surface area contributed by atoms with Gasteiger partial charge in [-0.2, -0.15) is 17.4 Å². The SMILES string of the molecule is CN(C)S(=O)(=O)N[C@@H]1[C@H](Cc2cccc(Cl)c2F)NCC1(F)F.Cl. The lowest BCUT2D eigenvalue weighted by molar-refractivity contribution is -0.00125. The summed E-state index contributed by atoms with van der Waals surface area (Å²) in [6.07, 6.45) is -0.122. The normalized spacial score (nSPS) is 23.3. The van der Waals surface area contributed by atoms with Crippen molar-refractivity contribution in [3.05, 3.63) is 34.6 Å². The molecule has 0 amide bonds. The average molecular weight is 408 g/mol. The molecule has 1 saturated heterocycles. The van der Waals surface area contributed by atoms with Crippen LogP contribution in [0.5, 0.6) is 0 Å². The van der Waals surface area contributed by atoms with E-state index in [-0.39, 0.29) is 29.4 Å². The van der Waals surface area contributed by atoms with Crippen LogP contribution in [0.2, 0.25) is 5.02 Å². The fraction of sp³-hybridized carbons (Fsp3) is 0.538. The quantitative estimate of drug-likeness (QED) is 0.782. The van der Waals surface area contributed by atoms with Crippen LogP contribution in [-0.2, 0) is 16.6 Å². The number of hydrogen-bond donors (Lipinski definition) is 2. The Morgan fingerprint density at radius 3 is 2.62 bits per heavy atom. The third kappa shape index (κ3) is 4.53. The minimum atomic E-state index is -4.05. The summed E-state index contributed by atoms with van der Waals surface area (Å²) in [6.45, 7) is -0.694. The van der Waals surface area contributed by atoms with Gasteiger partial charge in [0, 0.05) is 20.1 Å². The first-order valence-corrected chi connectivity index (χ1v) is 8.60. The molecular weight excluding hydrogens is 390 g/mol. The molecule has 5 nitrogen and oxygen atoms in total. The van der Waals surface area contributed by atoms with Crippen LogP contribution in [-0.4, -0.2) is 51.4 Å². The summed E-state index contributed by atoms with van der Waals surface area (Å²) < 4.78 is 68.4. The summed E-state index contributed by atoms with van der Waals surface area (Å²) in [6, 6.07) is 1.63. The van der Waals surface area contributed by atoms with Crippen molar-refractivity contribution in [1.29, 1.82) is 0 Å². The average Bonchev–Trinajstić information content (AvgIpc) is 2.71. The zero-order chi connectivity index (χ0) is 17.4. The van der Waals surface area contributed by atoms with Crippen LogP contribution >= 0.6 is 24.0 Å². The first-order valence-electron chi connectivity index (χ1n) is 6.78. The summed E-state index contributed by atoms with van der Waals surface area (Å²) in [7, 11) is -1.59. The van der Waals surface area contributed by atoms with Gasteiger partial charge in [-0.3, -0.25) is 0 Å². The van der Waals surface area contributed by atoms with Gasteiger partial charge >= 0.3 is 0 Å². The van der Waals surface area contributed by atoms with Gasteiger partial charge in [0.1, 0.15) is 11.9 Å². The number of halogens is 5. The summed E-state index contributed by atoms with van der Waals surface area (Å²) >= 11 is 5.68. The molecule has 11 heteroatoms. The van der Waals surface area contributed by atoms with Gasteiger partial charge in [0.05, 0.1) is 11.6 Å². The van der Waals surface area contributed by atoms with E-state index < -0.39 is 40.6 Å². The van der Waals surface area contributed by atoms with E-state index in [2.05, 4.69) is 5.32 Å². The number of nitrogens with one attached hydrogen (secondary N) is 2. The zero-order valence-electron chi connectivity index (χ0n) is 12.9. The Kier molecular flexibility index (Phi) is 6.94. The Balaban J connectivity index is 0.00000288. The Hall–Kier alpha value is -0.580. The molecule has 0 unspecified atom stereocenters. The van der Waals surface area contributed by atoms with Gasteiger partial charge in [-0.25, -0.2) is 13.2 Å². The van der Waals surface area contributed by atoms with Crippen molar-refractivity contribution in [2.75, 3.05) is 20.6 Å². The van der Waals surface area contributed by atoms with Gasteiger partial charge in [-0.1, -0.05) is 23.7 Å². The summed E-state index contributed by atoms with van der Waals surface area (Å²) in [4.78, 5) is 0. The highest BCUT2D eigenvalue weighted by Gasteiger charge is 2.51. The molecule has 138 valence electrons. The van der Waals surface area contributed by atoms with Gasteiger partial charge in [0.25, 0.3) is 16.1 Å². The van der Waals surface area contributed by atoms with E-state index in [0.29, 0.717) is 0 Å². The van der Waals surface area contributed by atoms with Gasteiger partial charge in [-0.05, 0) is 18.1 Å². The topological polar surface area (TPSA) is 61.4 Å². The van der Waals surface area contributed by atoms with E-state index in [1.807, 2.05) is 4.72 Å². The van der Waals surface area contributed by atoms with Crippen LogP contribution < -0.4 is 10.0 Å². The molecule has 1 heterocycles. The third-order valence-electron chi connectivity index (χ3n) is 3.69. The van der Waals surface area contributed by atoms with Crippen molar-refractivity contribution >= 4 is 34.2 Å². The predicted octanol–water partition coefficient (Wildman–Crippen LogP) is 1.82. The lowest BCUT2D eigenvalue weighted by Crippen LogP contribution is -2.54. The van der Waals surface area contributed by atoms with E-state index in [9.17, 15) is 21.6 Å². The van der Waals surface area contributed by atoms with Crippen LogP contribution in [0.25, 0.3) is 0 Å². The molecule has 0 radical (unpaired) electrons. The minimum absolute atomic E-state index is 0. The molecule has 2 atom stereocenters. The van der Waals surface area contributed by atoms with Crippen molar-refractivity contribution in [3.63, 3.8) is 0 Å². The summed E-state index contributed by atoms with van der Waals surface area (Å²) in [5, 5.41) is 2.44. The minimum Gasteiger partial charge on any atom is -0.306 e. The number of benzene rings is 1. The van der Waals surface area contributed by atoms with Crippen molar-refractivity contribution in [2.45, 2.75) is 24.4 Å². The lowest BCUT2D eigenvalue weighted by atomic mass is 9.99. The van der Waals surface area contributed by atoms with Crippen LogP contribution in [0.4, 0.5) is 13.2 Å². The Morgan fingerprint density at radius 1 is 1.42 bits per heavy atom. The fourth-order valence-corrected chi connectivity index (χ4v) is 3.42. The maximum atomic E-state index is 14.0. The van der Waals surface area contributed by atoms with E-state index >= 15 is 0 Å². The molecule has 1 aromatic carbocycles. The number of rotatable bonds is 5. The van der Waals surface area contributed by atoms with Gasteiger partial charge in [0.15, 0.2) is 0 Å². The summed E-state index contributed by atoms with van der Waals surface area (Å²) in [5.74, 6) is -3.98. The van der Waals surface area contributed by atoms with E-state index in [4.69, 9.17) is 11.6 Å². The molecule has 1 aromatic rings. The third-order valence-corrected chi connectivity index (χ3v) is 5.49. The highest BCUT2D eigenvalue weighted by atomic mass is 35.5. The maximum absolute atomic E-state index is 14.0. The number of nitrogens with zero attached hydrogens (tertiary/aromatic N) is 1. The molecule has 0 spiro atoms. The van der Waals surface area contributed by atoms with E-state index in [0.717, 1.165) is 4.31 Å². The molecule has 1 aliphatic rings. The smallest absolute Gasteiger partial charge is 0.279 e. The first kappa shape index (κ1) is 21.5. The van der Waals surface area contributed by atoms with Gasteiger partial charge in [0.2, 0.25) is 0 Å². The van der Waals surface area contributed by atoms with Crippen LogP contribution in [0, 0.1) is 5.82 Å². The largest absolute Gasteiger partial charge is 0.306 e. The second-order valence-corrected chi connectivity index (χ2v) is 7.87. The van der Waals surface area contributed by atoms with E-state index in [1.54, 1.807) is 0 Å². The van der Waals surface area contributed by atoms with E-state index in [1.165, 1.54) is 32.3 Å². The van der Waals surface area contributed by atoms with Crippen molar-refractivity contribution in [1.82, 2.24) is 14.3 Å². The molecule has 0 saturated carbocycles. The monoisotopic (exact) mass is 407 g/mol. The van der Waals surface area contributed by atoms with Crippen molar-refractivity contribution in [3.8, 4) is 0 Å². The first-order chi connectivity index (χ1) is 10.5. The van der Waals surface area contributed by atoms with Crippen LogP contribution in [0.3, 0.4) is 0 Å². The molecular formula is C13H18Cl2F3N3O2S. The Bertz CT molecular complexity index is 689. The second-order valence-electron chi connectivity index (χ2n) is 5.55. The van der Waals surface area contributed by atoms with Crippen molar-refractivity contribution in [2.24, 2.45) is 0 Å². The lowest BCUT2D eigenvalue weighted by Gasteiger charge is -2.26. The molecule has 2 rings (SSSR count). The van der Waals surface area contributed by atoms with Crippen LogP contribution in [0.1, 0.15) is 5.56 Å². The number of alkyl halides is 2. The highest BCUT2D eigenvalue weighted by Crippen LogP contribution is 2.30. The molecule has 0 aromatic heterocycles. The molecule has 24 heavy (non-hydrogen) atoms. The second kappa shape index (κ2) is 7.76. The number of hydrogen-bond acceptors (Lipinski definition) is 3. The Morgan fingerprint density at radius 2 is 2.04 bits per heavy atom. The molecule has 0 aliphatic carbocycles. The fourth-order valence-electron chi connectivity index (χ4n) is 2.36. The van der Waals surface area contributed by atoms with Gasteiger partial charge < -0.3 is 5.32 Å². The highest BCUT2D eigenvalue weighted by molar-refractivity contribution is 7.87. The standard InChI is InChI=1S/C13H17ClF3N3O2S.ClH/c1-20(2)23(21,22)19-12-10(18-7-13(12,16)17)6-8-4-3-5-9(14)11(8)15;/h3-5,10,12,18-19H,6-7H2,1-2H3;1H/t10-,12+;/m0./s1. The molecule has 1 fully saturated rings. The molecule has 0 bridgehead atoms. The maximum Gasteiger partial charge on any atom is 0.279 e. The van der Waals surface area contributed by atoms with Gasteiger partial charge in [-0.15, -0.1) is 12.4 Å². The predicted molar refractivity (Wildman–Crippen MR) is 88.6 cm³/mol. The van der Waals surface area contributed by atoms with Crippen molar-refractivity contribution < 1.29 is 21.6 Å². The zero-order valence-corrected chi connectivity index (χ0v) is 15.3. The molecule has 1 aliphatic heterocycles. The summed E-state index contributed by atoms with van der Waals surface area (Å²) in [5.41, 5.74) is 0.141. The Labute approximate surface area is 150 Å². The van der Waals surface area contributed by atoms with Crippen LogP contribution in [0.15, 0.2) is 18.2 Å².